The molecule has 1 spiro atoms. The number of anilines is 1. The van der Waals surface area contributed by atoms with E-state index in [0.717, 1.165) is 31.9 Å². The van der Waals surface area contributed by atoms with E-state index in [2.05, 4.69) is 53.1 Å². The molecule has 3 aromatic carbocycles. The van der Waals surface area contributed by atoms with Crippen molar-refractivity contribution in [3.05, 3.63) is 77.6 Å². The van der Waals surface area contributed by atoms with Crippen LogP contribution in [0.3, 0.4) is 0 Å². The van der Waals surface area contributed by atoms with Gasteiger partial charge in [-0.3, -0.25) is 9.69 Å². The highest BCUT2D eigenvalue weighted by Crippen LogP contribution is 2.40. The van der Waals surface area contributed by atoms with Crippen LogP contribution >= 0.6 is 13.5 Å². The fourth-order valence-electron chi connectivity index (χ4n) is 6.23. The summed E-state index contributed by atoms with van der Waals surface area (Å²) in [4.78, 5) is 22.4. The number of carbonyl (C=O) groups excluding carboxylic acids is 1. The summed E-state index contributed by atoms with van der Waals surface area (Å²) in [6.07, 6.45) is 0.756. The number of benzene rings is 3. The Balaban J connectivity index is 0.00000353. The van der Waals surface area contributed by atoms with Gasteiger partial charge in [0.15, 0.2) is 0 Å². The van der Waals surface area contributed by atoms with Crippen molar-refractivity contribution in [3.63, 3.8) is 0 Å². The van der Waals surface area contributed by atoms with Gasteiger partial charge in [-0.2, -0.15) is 13.5 Å². The molecule has 210 valence electrons. The van der Waals surface area contributed by atoms with E-state index in [1.165, 1.54) is 34.0 Å². The number of fused-ring (bicyclic) bond motifs is 1. The molecule has 0 aliphatic carbocycles. The van der Waals surface area contributed by atoms with E-state index >= 15 is 0 Å². The Hall–Kier alpha value is -2.65. The summed E-state index contributed by atoms with van der Waals surface area (Å²) in [5.74, 6) is -0.218. The lowest BCUT2D eigenvalue weighted by Gasteiger charge is -2.43. The Bertz CT molecular complexity index is 1270. The number of aliphatic hydroxyl groups excluding tert-OH is 1. The highest BCUT2D eigenvalue weighted by atomic mass is 32.1. The van der Waals surface area contributed by atoms with Crippen molar-refractivity contribution in [3.8, 4) is 0 Å². The first-order chi connectivity index (χ1) is 18.3. The van der Waals surface area contributed by atoms with E-state index in [0.29, 0.717) is 32.6 Å². The number of amides is 1. The number of likely N-dealkylation sites (N-methyl/N-ethyl adjacent to an activating group) is 1. The van der Waals surface area contributed by atoms with E-state index < -0.39 is 11.6 Å². The van der Waals surface area contributed by atoms with Gasteiger partial charge in [0.2, 0.25) is 5.91 Å². The molecule has 0 unspecified atom stereocenters. The van der Waals surface area contributed by atoms with E-state index in [1.807, 2.05) is 18.9 Å². The van der Waals surface area contributed by atoms with E-state index in [9.17, 15) is 14.3 Å². The molecule has 0 radical (unpaired) electrons. The smallest absolute Gasteiger partial charge is 0.250 e. The third-order valence-corrected chi connectivity index (χ3v) is 8.42. The SMILES string of the molecule is CCN(C)C[C@H](O)CN1CN(c2ccc(F)cc2)C2(CCN(Cc3cccc4cccc(C)c34)CC2)C1=O.S. The van der Waals surface area contributed by atoms with Gasteiger partial charge in [0, 0.05) is 38.4 Å². The molecule has 5 rings (SSSR count). The van der Waals surface area contributed by atoms with Crippen LogP contribution in [0.4, 0.5) is 10.1 Å². The van der Waals surface area contributed by atoms with Gasteiger partial charge in [-0.05, 0) is 79.5 Å². The van der Waals surface area contributed by atoms with E-state index in [1.54, 1.807) is 17.0 Å². The van der Waals surface area contributed by atoms with E-state index in [4.69, 9.17) is 0 Å². The Morgan fingerprint density at radius 3 is 2.38 bits per heavy atom. The zero-order chi connectivity index (χ0) is 26.9. The van der Waals surface area contributed by atoms with Crippen LogP contribution in [0.5, 0.6) is 0 Å². The Labute approximate surface area is 238 Å². The van der Waals surface area contributed by atoms with Crippen LogP contribution in [0.25, 0.3) is 10.8 Å². The fourth-order valence-corrected chi connectivity index (χ4v) is 6.23. The number of nitrogens with zero attached hydrogens (tertiary/aromatic N) is 4. The van der Waals surface area contributed by atoms with E-state index in [-0.39, 0.29) is 25.2 Å². The molecule has 0 aromatic heterocycles. The number of likely N-dealkylation sites (tertiary alicyclic amines) is 1. The average Bonchev–Trinajstić information content (AvgIpc) is 3.16. The van der Waals surface area contributed by atoms with Gasteiger partial charge < -0.3 is 19.8 Å². The molecule has 2 heterocycles. The molecule has 1 amide bonds. The fraction of sp³-hybridized carbons (Fsp3) is 0.452. The summed E-state index contributed by atoms with van der Waals surface area (Å²) in [5.41, 5.74) is 2.76. The third kappa shape index (κ3) is 5.94. The number of hydrogen-bond donors (Lipinski definition) is 1. The number of rotatable bonds is 8. The maximum Gasteiger partial charge on any atom is 0.250 e. The second-order valence-electron chi connectivity index (χ2n) is 11.0. The van der Waals surface area contributed by atoms with Crippen molar-refractivity contribution in [2.24, 2.45) is 0 Å². The van der Waals surface area contributed by atoms with Gasteiger partial charge in [-0.25, -0.2) is 4.39 Å². The summed E-state index contributed by atoms with van der Waals surface area (Å²) in [5, 5.41) is 13.3. The Morgan fingerprint density at radius 1 is 1.05 bits per heavy atom. The molecule has 2 saturated heterocycles. The summed E-state index contributed by atoms with van der Waals surface area (Å²) < 4.78 is 13.7. The van der Waals surface area contributed by atoms with Crippen molar-refractivity contribution in [1.29, 1.82) is 0 Å². The quantitative estimate of drug-likeness (QED) is 0.450. The monoisotopic (exact) mass is 552 g/mol. The van der Waals surface area contributed by atoms with Crippen LogP contribution in [0.1, 0.15) is 30.9 Å². The average molecular weight is 553 g/mol. The van der Waals surface area contributed by atoms with Crippen molar-refractivity contribution in [2.45, 2.75) is 44.9 Å². The van der Waals surface area contributed by atoms with Gasteiger partial charge >= 0.3 is 0 Å². The number of aryl methyl sites for hydroxylation is 1. The maximum absolute atomic E-state index is 14.0. The maximum atomic E-state index is 14.0. The van der Waals surface area contributed by atoms with Crippen LogP contribution in [0.2, 0.25) is 0 Å². The zero-order valence-electron chi connectivity index (χ0n) is 23.2. The first-order valence-corrected chi connectivity index (χ1v) is 13.7. The highest BCUT2D eigenvalue weighted by molar-refractivity contribution is 7.59. The predicted molar refractivity (Wildman–Crippen MR) is 161 cm³/mol. The van der Waals surface area contributed by atoms with Crippen LogP contribution < -0.4 is 4.90 Å². The molecule has 2 aliphatic heterocycles. The van der Waals surface area contributed by atoms with Crippen LogP contribution in [-0.2, 0) is 11.3 Å². The molecule has 8 heteroatoms. The number of hydrogen-bond acceptors (Lipinski definition) is 5. The lowest BCUT2D eigenvalue weighted by atomic mass is 9.85. The number of piperidine rings is 1. The molecule has 1 atom stereocenters. The first-order valence-electron chi connectivity index (χ1n) is 13.7. The molecule has 6 nitrogen and oxygen atoms in total. The standard InChI is InChI=1S/C31H39FN4O2.H2S/c1-4-33(3)20-28(37)21-35-22-36(27-13-11-26(32)12-14-27)31(30(35)38)15-17-34(18-16-31)19-25-10-6-9-24-8-5-7-23(2)29(24)25;/h5-14,28,37H,4,15-22H2,1-3H3;1H2/t28-;/m0./s1. The number of aliphatic hydroxyl groups is 1. The molecule has 3 aromatic rings. The molecule has 2 fully saturated rings. The van der Waals surface area contributed by atoms with Crippen LogP contribution in [0.15, 0.2) is 60.7 Å². The third-order valence-electron chi connectivity index (χ3n) is 8.42. The number of halogens is 1. The molecule has 2 aliphatic rings. The Morgan fingerprint density at radius 2 is 1.72 bits per heavy atom. The topological polar surface area (TPSA) is 50.3 Å². The van der Waals surface area contributed by atoms with Crippen molar-refractivity contribution in [1.82, 2.24) is 14.7 Å². The predicted octanol–water partition coefficient (Wildman–Crippen LogP) is 4.35. The lowest BCUT2D eigenvalue weighted by molar-refractivity contribution is -0.134. The van der Waals surface area contributed by atoms with Gasteiger partial charge in [-0.1, -0.05) is 43.3 Å². The van der Waals surface area contributed by atoms with Crippen molar-refractivity contribution >= 4 is 35.9 Å². The molecular formula is C31H41FN4O2S. The molecule has 1 N–H and O–H groups in total. The highest BCUT2D eigenvalue weighted by Gasteiger charge is 2.53. The summed E-state index contributed by atoms with van der Waals surface area (Å²) >= 11 is 0. The second-order valence-corrected chi connectivity index (χ2v) is 11.0. The van der Waals surface area contributed by atoms with Crippen LogP contribution in [-0.4, -0.2) is 83.8 Å². The van der Waals surface area contributed by atoms with Gasteiger partial charge in [0.1, 0.15) is 11.4 Å². The van der Waals surface area contributed by atoms with Gasteiger partial charge in [-0.15, -0.1) is 0 Å². The van der Waals surface area contributed by atoms with Gasteiger partial charge in [0.25, 0.3) is 0 Å². The van der Waals surface area contributed by atoms with Crippen LogP contribution in [0, 0.1) is 12.7 Å². The first kappa shape index (κ1) is 29.3. The van der Waals surface area contributed by atoms with Gasteiger partial charge in [0.05, 0.1) is 12.8 Å². The minimum atomic E-state index is -0.681. The summed E-state index contributed by atoms with van der Waals surface area (Å²) in [6, 6.07) is 19.4. The van der Waals surface area contributed by atoms with Crippen molar-refractivity contribution < 1.29 is 14.3 Å². The lowest BCUT2D eigenvalue weighted by Crippen LogP contribution is -2.56. The number of β-amino-alcohol motifs (C(OH)–C–C–N with tert-alkyl or cyclic N) is 1. The largest absolute Gasteiger partial charge is 0.390 e. The molecule has 39 heavy (non-hydrogen) atoms. The normalized spacial score (nSPS) is 18.3. The molecule has 0 bridgehead atoms. The number of carbonyl (C=O) groups is 1. The minimum Gasteiger partial charge on any atom is -0.390 e. The Kier molecular flexibility index (Phi) is 9.21. The van der Waals surface area contributed by atoms with Crippen molar-refractivity contribution in [2.75, 3.05) is 51.3 Å². The molecular weight excluding hydrogens is 511 g/mol. The second kappa shape index (κ2) is 12.3. The minimum absolute atomic E-state index is 0. The molecule has 0 saturated carbocycles. The zero-order valence-corrected chi connectivity index (χ0v) is 24.2. The summed E-state index contributed by atoms with van der Waals surface area (Å²) in [7, 11) is 1.97. The summed E-state index contributed by atoms with van der Waals surface area (Å²) in [6.45, 7) is 8.69.